The van der Waals surface area contributed by atoms with E-state index in [1.165, 1.54) is 56.4 Å². The van der Waals surface area contributed by atoms with Crippen LogP contribution in [-0.4, -0.2) is 42.9 Å². The molecule has 4 heteroatoms. The van der Waals surface area contributed by atoms with Gasteiger partial charge in [0.25, 0.3) is 0 Å². The number of unbranched alkanes of at least 4 members (excludes halogenated alkanes) is 1. The van der Waals surface area contributed by atoms with Crippen LogP contribution in [0.5, 0.6) is 17.2 Å². The Bertz CT molecular complexity index is 1040. The summed E-state index contributed by atoms with van der Waals surface area (Å²) in [7, 11) is 0. The Morgan fingerprint density at radius 3 is 2.44 bits per heavy atom. The van der Waals surface area contributed by atoms with Crippen LogP contribution in [0.15, 0.2) is 72.8 Å². The van der Waals surface area contributed by atoms with E-state index < -0.39 is 0 Å². The lowest BCUT2D eigenvalue weighted by atomic mass is 9.76. The summed E-state index contributed by atoms with van der Waals surface area (Å²) in [5.74, 6) is 2.32. The van der Waals surface area contributed by atoms with Crippen LogP contribution in [0.4, 0.5) is 0 Å². The number of phenols is 1. The second kappa shape index (κ2) is 11.0. The highest BCUT2D eigenvalue weighted by Crippen LogP contribution is 2.47. The third-order valence-corrected chi connectivity index (χ3v) is 7.20. The Labute approximate surface area is 203 Å². The fourth-order valence-corrected chi connectivity index (χ4v) is 5.39. The number of hydrogen-bond acceptors (Lipinski definition) is 4. The average molecular weight is 458 g/mol. The molecule has 178 valence electrons. The molecule has 0 bridgehead atoms. The fourth-order valence-electron chi connectivity index (χ4n) is 5.39. The van der Waals surface area contributed by atoms with Crippen LogP contribution in [0.2, 0.25) is 0 Å². The van der Waals surface area contributed by atoms with E-state index in [0.29, 0.717) is 6.61 Å². The molecule has 2 aliphatic heterocycles. The van der Waals surface area contributed by atoms with Crippen LogP contribution in [0.1, 0.15) is 60.6 Å². The largest absolute Gasteiger partial charge is 0.508 e. The summed E-state index contributed by atoms with van der Waals surface area (Å²) in [5.41, 5.74) is 3.49. The van der Waals surface area contributed by atoms with Crippen molar-refractivity contribution in [3.63, 3.8) is 0 Å². The lowest BCUT2D eigenvalue weighted by Gasteiger charge is -2.34. The normalized spacial score (nSPS) is 20.4. The molecule has 2 aliphatic rings. The van der Waals surface area contributed by atoms with E-state index in [2.05, 4.69) is 53.4 Å². The molecule has 34 heavy (non-hydrogen) atoms. The smallest absolute Gasteiger partial charge is 0.123 e. The molecule has 1 fully saturated rings. The molecule has 0 amide bonds. The number of ether oxygens (including phenoxy) is 2. The first-order valence-electron chi connectivity index (χ1n) is 12.7. The Morgan fingerprint density at radius 1 is 0.853 bits per heavy atom. The van der Waals surface area contributed by atoms with Crippen molar-refractivity contribution in [2.45, 2.75) is 43.9 Å². The maximum atomic E-state index is 10.2. The molecule has 3 aromatic carbocycles. The van der Waals surface area contributed by atoms with E-state index >= 15 is 0 Å². The van der Waals surface area contributed by atoms with Crippen molar-refractivity contribution in [2.75, 3.05) is 32.8 Å². The summed E-state index contributed by atoms with van der Waals surface area (Å²) in [4.78, 5) is 2.59. The van der Waals surface area contributed by atoms with Gasteiger partial charge in [0.05, 0.1) is 13.2 Å². The second-order valence-electron chi connectivity index (χ2n) is 9.55. The van der Waals surface area contributed by atoms with Gasteiger partial charge in [-0.1, -0.05) is 48.9 Å². The minimum absolute atomic E-state index is 0.108. The number of phenolic OH excluding ortho intramolecular Hbond substituents is 1. The first-order chi connectivity index (χ1) is 16.8. The van der Waals surface area contributed by atoms with Gasteiger partial charge >= 0.3 is 0 Å². The van der Waals surface area contributed by atoms with Gasteiger partial charge < -0.3 is 19.5 Å². The molecule has 0 spiro atoms. The van der Waals surface area contributed by atoms with Crippen molar-refractivity contribution in [1.82, 2.24) is 4.90 Å². The van der Waals surface area contributed by atoms with Gasteiger partial charge in [0.2, 0.25) is 0 Å². The van der Waals surface area contributed by atoms with Gasteiger partial charge in [-0.25, -0.2) is 0 Å². The number of aromatic hydroxyl groups is 1. The zero-order chi connectivity index (χ0) is 23.2. The summed E-state index contributed by atoms with van der Waals surface area (Å²) >= 11 is 0. The van der Waals surface area contributed by atoms with Crippen LogP contribution in [0.3, 0.4) is 0 Å². The Morgan fingerprint density at radius 2 is 1.65 bits per heavy atom. The number of benzene rings is 3. The van der Waals surface area contributed by atoms with E-state index in [1.807, 2.05) is 18.2 Å². The number of rotatable bonds is 8. The van der Waals surface area contributed by atoms with Crippen molar-refractivity contribution in [2.24, 2.45) is 0 Å². The van der Waals surface area contributed by atoms with Gasteiger partial charge in [0, 0.05) is 17.4 Å². The van der Waals surface area contributed by atoms with Crippen LogP contribution in [0, 0.1) is 0 Å². The highest BCUT2D eigenvalue weighted by Gasteiger charge is 2.33. The molecule has 2 heterocycles. The van der Waals surface area contributed by atoms with E-state index in [-0.39, 0.29) is 17.6 Å². The number of hydrogen-bond donors (Lipinski definition) is 1. The predicted molar refractivity (Wildman–Crippen MR) is 136 cm³/mol. The van der Waals surface area contributed by atoms with Gasteiger partial charge in [-0.3, -0.25) is 0 Å². The molecule has 0 saturated carbocycles. The van der Waals surface area contributed by atoms with Crippen molar-refractivity contribution in [3.8, 4) is 17.2 Å². The van der Waals surface area contributed by atoms with Gasteiger partial charge in [-0.15, -0.1) is 0 Å². The van der Waals surface area contributed by atoms with E-state index in [4.69, 9.17) is 9.47 Å². The zero-order valence-corrected chi connectivity index (χ0v) is 19.9. The molecule has 0 radical (unpaired) electrons. The summed E-state index contributed by atoms with van der Waals surface area (Å²) < 4.78 is 12.2. The third kappa shape index (κ3) is 5.39. The number of nitrogens with zero attached hydrogens (tertiary/aromatic N) is 1. The third-order valence-electron chi connectivity index (χ3n) is 7.20. The number of likely N-dealkylation sites (tertiary alicyclic amines) is 1. The molecule has 2 atom stereocenters. The maximum Gasteiger partial charge on any atom is 0.123 e. The van der Waals surface area contributed by atoms with Crippen LogP contribution < -0.4 is 9.47 Å². The van der Waals surface area contributed by atoms with Crippen molar-refractivity contribution in [3.05, 3.63) is 89.5 Å². The first-order valence-corrected chi connectivity index (χ1v) is 12.7. The topological polar surface area (TPSA) is 41.9 Å². The fraction of sp³-hybridized carbons (Fsp3) is 0.400. The van der Waals surface area contributed by atoms with Gasteiger partial charge in [-0.05, 0) is 86.8 Å². The standard InChI is InChI=1S/C30H35NO3/c32-25-13-16-29-27(21-25)30(28(22-34-29)23-9-3-1-4-10-23)24-11-14-26(15-12-24)33-20-8-7-19-31-17-5-2-6-18-31/h1,3-4,9-16,21,28,30,32H,2,5-8,17-20,22H2/t28-,30-/m0/s1. The molecular formula is C30H35NO3. The molecule has 5 rings (SSSR count). The molecule has 1 N–H and O–H groups in total. The Balaban J connectivity index is 1.26. The summed E-state index contributed by atoms with van der Waals surface area (Å²) in [5, 5.41) is 10.2. The van der Waals surface area contributed by atoms with E-state index in [1.54, 1.807) is 6.07 Å². The summed E-state index contributed by atoms with van der Waals surface area (Å²) in [6.07, 6.45) is 6.37. The van der Waals surface area contributed by atoms with E-state index in [9.17, 15) is 5.11 Å². The van der Waals surface area contributed by atoms with Crippen LogP contribution >= 0.6 is 0 Å². The minimum Gasteiger partial charge on any atom is -0.508 e. The number of piperidine rings is 1. The van der Waals surface area contributed by atoms with Gasteiger partial charge in [0.1, 0.15) is 17.2 Å². The maximum absolute atomic E-state index is 10.2. The lowest BCUT2D eigenvalue weighted by molar-refractivity contribution is 0.216. The Kier molecular flexibility index (Phi) is 7.35. The van der Waals surface area contributed by atoms with E-state index in [0.717, 1.165) is 30.1 Å². The molecular weight excluding hydrogens is 422 g/mol. The van der Waals surface area contributed by atoms with Gasteiger partial charge in [0.15, 0.2) is 0 Å². The van der Waals surface area contributed by atoms with Crippen LogP contribution in [0.25, 0.3) is 0 Å². The lowest BCUT2D eigenvalue weighted by Crippen LogP contribution is -2.30. The minimum atomic E-state index is 0.108. The molecule has 4 nitrogen and oxygen atoms in total. The van der Waals surface area contributed by atoms with Crippen molar-refractivity contribution < 1.29 is 14.6 Å². The highest BCUT2D eigenvalue weighted by molar-refractivity contribution is 5.51. The average Bonchev–Trinajstić information content (AvgIpc) is 2.89. The SMILES string of the molecule is Oc1ccc2c(c1)[C@H](c1ccc(OCCCCN3CCCCC3)cc1)[C@H](c1ccccc1)CO2. The number of fused-ring (bicyclic) bond motifs is 1. The molecule has 3 aromatic rings. The molecule has 0 aliphatic carbocycles. The quantitative estimate of drug-likeness (QED) is 0.401. The first kappa shape index (κ1) is 22.8. The molecule has 0 unspecified atom stereocenters. The van der Waals surface area contributed by atoms with Gasteiger partial charge in [-0.2, -0.15) is 0 Å². The second-order valence-corrected chi connectivity index (χ2v) is 9.55. The molecule has 1 saturated heterocycles. The molecule has 0 aromatic heterocycles. The van der Waals surface area contributed by atoms with Crippen LogP contribution in [-0.2, 0) is 0 Å². The summed E-state index contributed by atoms with van der Waals surface area (Å²) in [6.45, 7) is 5.09. The predicted octanol–water partition coefficient (Wildman–Crippen LogP) is 6.35. The Hall–Kier alpha value is -2.98. The van der Waals surface area contributed by atoms with Crippen molar-refractivity contribution >= 4 is 0 Å². The monoisotopic (exact) mass is 457 g/mol. The zero-order valence-electron chi connectivity index (χ0n) is 19.9. The summed E-state index contributed by atoms with van der Waals surface area (Å²) in [6, 6.07) is 24.4. The highest BCUT2D eigenvalue weighted by atomic mass is 16.5. The van der Waals surface area contributed by atoms with Crippen molar-refractivity contribution in [1.29, 1.82) is 0 Å².